The fourth-order valence-electron chi connectivity index (χ4n) is 1.88. The van der Waals surface area contributed by atoms with Gasteiger partial charge in [-0.05, 0) is 12.1 Å². The van der Waals surface area contributed by atoms with Crippen molar-refractivity contribution in [3.8, 4) is 0 Å². The van der Waals surface area contributed by atoms with Crippen LogP contribution < -0.4 is 5.69 Å². The molecule has 0 saturated heterocycles. The summed E-state index contributed by atoms with van der Waals surface area (Å²) in [6.07, 6.45) is 2.18. The van der Waals surface area contributed by atoms with E-state index in [0.717, 1.165) is 0 Å². The minimum absolute atomic E-state index is 0.198. The van der Waals surface area contributed by atoms with Gasteiger partial charge in [-0.25, -0.2) is 19.3 Å². The largest absolute Gasteiger partial charge is 0.461 e. The number of aryl methyl sites for hydroxylation is 1. The molecular weight excluding hydrogens is 292 g/mol. The Morgan fingerprint density at radius 3 is 3.05 bits per heavy atom. The van der Waals surface area contributed by atoms with Crippen LogP contribution in [-0.2, 0) is 11.3 Å². The average molecular weight is 304 g/mol. The van der Waals surface area contributed by atoms with Gasteiger partial charge in [0.1, 0.15) is 0 Å². The smallest absolute Gasteiger partial charge is 0.357 e. The molecule has 0 spiro atoms. The van der Waals surface area contributed by atoms with E-state index in [0.29, 0.717) is 24.3 Å². The van der Waals surface area contributed by atoms with Gasteiger partial charge in [0.05, 0.1) is 12.1 Å². The van der Waals surface area contributed by atoms with Crippen LogP contribution in [0.5, 0.6) is 0 Å². The van der Waals surface area contributed by atoms with Crippen molar-refractivity contribution in [1.82, 2.24) is 19.2 Å². The zero-order chi connectivity index (χ0) is 14.7. The number of pyridine rings is 1. The van der Waals surface area contributed by atoms with Crippen LogP contribution in [0, 0.1) is 0 Å². The Bertz CT molecular complexity index is 806. The van der Waals surface area contributed by atoms with Gasteiger partial charge in [0.2, 0.25) is 0 Å². The topological polar surface area (TPSA) is 78.5 Å². The first-order valence-electron chi connectivity index (χ1n) is 6.35. The van der Waals surface area contributed by atoms with E-state index in [9.17, 15) is 9.59 Å². The molecule has 0 N–H and O–H groups in total. The van der Waals surface area contributed by atoms with Gasteiger partial charge in [0, 0.05) is 24.5 Å². The van der Waals surface area contributed by atoms with Crippen LogP contribution in [0.1, 0.15) is 16.9 Å². The monoisotopic (exact) mass is 304 g/mol. The van der Waals surface area contributed by atoms with Crippen LogP contribution >= 0.6 is 11.3 Å². The minimum Gasteiger partial charge on any atom is -0.461 e. The van der Waals surface area contributed by atoms with Gasteiger partial charge in [-0.3, -0.25) is 4.40 Å². The highest BCUT2D eigenvalue weighted by Gasteiger charge is 2.09. The highest BCUT2D eigenvalue weighted by molar-refractivity contribution is 7.07. The lowest BCUT2D eigenvalue weighted by molar-refractivity contribution is 0.0488. The predicted molar refractivity (Wildman–Crippen MR) is 76.5 cm³/mol. The van der Waals surface area contributed by atoms with Crippen molar-refractivity contribution in [2.45, 2.75) is 13.0 Å². The fraction of sp³-hybridized carbons (Fsp3) is 0.231. The molecule has 0 atom stereocenters. The van der Waals surface area contributed by atoms with Crippen LogP contribution in [0.2, 0.25) is 0 Å². The number of thiazole rings is 1. The standard InChI is InChI=1S/C13H12N4O3S/c18-12(10-8-21-9-14-10)20-7-3-6-17-13(19)16-5-2-1-4-11(16)15-17/h1-2,4-5,8-9H,3,6-7H2. The Morgan fingerprint density at radius 2 is 2.29 bits per heavy atom. The Labute approximate surface area is 123 Å². The molecule has 0 unspecified atom stereocenters. The van der Waals surface area contributed by atoms with Crippen molar-refractivity contribution >= 4 is 23.0 Å². The van der Waals surface area contributed by atoms with Gasteiger partial charge in [-0.15, -0.1) is 16.4 Å². The van der Waals surface area contributed by atoms with Crippen LogP contribution in [0.3, 0.4) is 0 Å². The fourth-order valence-corrected chi connectivity index (χ4v) is 2.40. The van der Waals surface area contributed by atoms with Crippen molar-refractivity contribution in [2.75, 3.05) is 6.61 Å². The molecule has 3 heterocycles. The molecule has 0 radical (unpaired) electrons. The van der Waals surface area contributed by atoms with Crippen molar-refractivity contribution < 1.29 is 9.53 Å². The van der Waals surface area contributed by atoms with E-state index >= 15 is 0 Å². The lowest BCUT2D eigenvalue weighted by atomic mass is 10.4. The zero-order valence-electron chi connectivity index (χ0n) is 11.0. The van der Waals surface area contributed by atoms with Crippen molar-refractivity contribution in [1.29, 1.82) is 0 Å². The Balaban J connectivity index is 1.56. The van der Waals surface area contributed by atoms with Crippen LogP contribution in [0.15, 0.2) is 40.1 Å². The number of ether oxygens (including phenoxy) is 1. The molecule has 0 fully saturated rings. The summed E-state index contributed by atoms with van der Waals surface area (Å²) in [5.41, 5.74) is 2.29. The van der Waals surface area contributed by atoms with E-state index in [-0.39, 0.29) is 12.3 Å². The summed E-state index contributed by atoms with van der Waals surface area (Å²) in [7, 11) is 0. The van der Waals surface area contributed by atoms with Crippen molar-refractivity contribution in [2.24, 2.45) is 0 Å². The number of carbonyl (C=O) groups is 1. The molecule has 0 saturated carbocycles. The average Bonchev–Trinajstić information content (AvgIpc) is 3.13. The van der Waals surface area contributed by atoms with Crippen molar-refractivity contribution in [3.05, 3.63) is 51.5 Å². The van der Waals surface area contributed by atoms with E-state index < -0.39 is 5.97 Å². The van der Waals surface area contributed by atoms with E-state index in [1.165, 1.54) is 20.4 Å². The summed E-state index contributed by atoms with van der Waals surface area (Å²) in [5.74, 6) is -0.446. The Kier molecular flexibility index (Phi) is 3.78. The molecule has 108 valence electrons. The SMILES string of the molecule is O=C(OCCCn1nc2ccccn2c1=O)c1cscn1. The van der Waals surface area contributed by atoms with Crippen LogP contribution in [-0.4, -0.2) is 31.7 Å². The van der Waals surface area contributed by atoms with Gasteiger partial charge in [-0.1, -0.05) is 6.07 Å². The van der Waals surface area contributed by atoms with Gasteiger partial charge in [-0.2, -0.15) is 0 Å². The maximum atomic E-state index is 12.0. The summed E-state index contributed by atoms with van der Waals surface area (Å²) >= 11 is 1.34. The molecule has 0 aromatic carbocycles. The highest BCUT2D eigenvalue weighted by Crippen LogP contribution is 2.03. The molecule has 0 aliphatic rings. The zero-order valence-corrected chi connectivity index (χ0v) is 11.8. The molecule has 0 aliphatic carbocycles. The molecule has 3 aromatic rings. The minimum atomic E-state index is -0.446. The molecule has 21 heavy (non-hydrogen) atoms. The molecule has 0 bridgehead atoms. The number of fused-ring (bicyclic) bond motifs is 1. The molecule has 0 aliphatic heterocycles. The van der Waals surface area contributed by atoms with E-state index in [1.807, 2.05) is 6.07 Å². The number of rotatable bonds is 5. The number of carbonyl (C=O) groups excluding carboxylic acids is 1. The quantitative estimate of drug-likeness (QED) is 0.523. The summed E-state index contributed by atoms with van der Waals surface area (Å²) in [6, 6.07) is 5.36. The second-order valence-electron chi connectivity index (χ2n) is 4.30. The third-order valence-corrected chi connectivity index (χ3v) is 3.46. The summed E-state index contributed by atoms with van der Waals surface area (Å²) in [4.78, 5) is 27.4. The Morgan fingerprint density at radius 1 is 1.38 bits per heavy atom. The first kappa shape index (κ1) is 13.5. The van der Waals surface area contributed by atoms with Gasteiger partial charge < -0.3 is 4.74 Å². The highest BCUT2D eigenvalue weighted by atomic mass is 32.1. The molecule has 0 amide bonds. The number of esters is 1. The third-order valence-electron chi connectivity index (χ3n) is 2.88. The number of hydrogen-bond acceptors (Lipinski definition) is 6. The first-order chi connectivity index (χ1) is 10.3. The normalized spacial score (nSPS) is 10.9. The lowest BCUT2D eigenvalue weighted by Crippen LogP contribution is -2.22. The van der Waals surface area contributed by atoms with Gasteiger partial charge in [0.25, 0.3) is 0 Å². The van der Waals surface area contributed by atoms with Crippen LogP contribution in [0.25, 0.3) is 5.65 Å². The number of aromatic nitrogens is 4. The van der Waals surface area contributed by atoms with Gasteiger partial charge >= 0.3 is 11.7 Å². The van der Waals surface area contributed by atoms with E-state index in [2.05, 4.69) is 10.1 Å². The van der Waals surface area contributed by atoms with Crippen molar-refractivity contribution in [3.63, 3.8) is 0 Å². The molecule has 8 heteroatoms. The molecular formula is C13H12N4O3S. The number of nitrogens with zero attached hydrogens (tertiary/aromatic N) is 4. The Hall–Kier alpha value is -2.48. The maximum Gasteiger partial charge on any atom is 0.357 e. The lowest BCUT2D eigenvalue weighted by Gasteiger charge is -2.02. The molecule has 7 nitrogen and oxygen atoms in total. The van der Waals surface area contributed by atoms with Gasteiger partial charge in [0.15, 0.2) is 11.3 Å². The van der Waals surface area contributed by atoms with Crippen LogP contribution in [0.4, 0.5) is 0 Å². The summed E-state index contributed by atoms with van der Waals surface area (Å²) < 4.78 is 7.92. The summed E-state index contributed by atoms with van der Waals surface area (Å²) in [5, 5.41) is 5.83. The molecule has 3 aromatic heterocycles. The van der Waals surface area contributed by atoms with E-state index in [4.69, 9.17) is 4.74 Å². The first-order valence-corrected chi connectivity index (χ1v) is 7.29. The summed E-state index contributed by atoms with van der Waals surface area (Å²) in [6.45, 7) is 0.613. The number of hydrogen-bond donors (Lipinski definition) is 0. The molecule has 3 rings (SSSR count). The second-order valence-corrected chi connectivity index (χ2v) is 5.02. The van der Waals surface area contributed by atoms with E-state index in [1.54, 1.807) is 29.2 Å². The second kappa shape index (κ2) is 5.88. The predicted octanol–water partition coefficient (Wildman–Crippen LogP) is 1.20. The third kappa shape index (κ3) is 2.84. The maximum absolute atomic E-state index is 12.0.